The van der Waals surface area contributed by atoms with Crippen molar-refractivity contribution >= 4 is 11.9 Å². The molecule has 0 spiro atoms. The molecule has 2 N–H and O–H groups in total. The van der Waals surface area contributed by atoms with Crippen molar-refractivity contribution in [3.05, 3.63) is 34.9 Å². The van der Waals surface area contributed by atoms with Gasteiger partial charge in [0.25, 0.3) is 0 Å². The molecule has 3 rings (SSSR count). The van der Waals surface area contributed by atoms with Crippen LogP contribution in [-0.4, -0.2) is 29.2 Å². The fourth-order valence-electron chi connectivity index (χ4n) is 4.02. The van der Waals surface area contributed by atoms with Gasteiger partial charge in [-0.2, -0.15) is 0 Å². The van der Waals surface area contributed by atoms with Crippen molar-refractivity contribution < 1.29 is 19.4 Å². The minimum atomic E-state index is -0.934. The quantitative estimate of drug-likeness (QED) is 0.894. The number of aliphatic carboxylic acids is 1. The van der Waals surface area contributed by atoms with E-state index in [9.17, 15) is 14.7 Å². The Morgan fingerprint density at radius 2 is 1.87 bits per heavy atom. The number of carbonyl (C=O) groups is 2. The molecule has 2 heterocycles. The molecule has 0 aliphatic carbocycles. The zero-order valence-electron chi connectivity index (χ0n) is 13.7. The molecule has 1 amide bonds. The number of carbonyl (C=O) groups excluding carboxylic acids is 1. The van der Waals surface area contributed by atoms with Gasteiger partial charge < -0.3 is 15.2 Å². The Hall–Kier alpha value is -1.88. The van der Waals surface area contributed by atoms with Crippen LogP contribution in [0.25, 0.3) is 0 Å². The first-order chi connectivity index (χ1) is 10.9. The second kappa shape index (κ2) is 5.96. The molecule has 0 saturated carbocycles. The maximum absolute atomic E-state index is 12.7. The van der Waals surface area contributed by atoms with Gasteiger partial charge >= 0.3 is 5.97 Å². The smallest absolute Gasteiger partial charge is 0.310 e. The molecule has 5 nitrogen and oxygen atoms in total. The van der Waals surface area contributed by atoms with Crippen LogP contribution in [-0.2, 0) is 14.3 Å². The third kappa shape index (κ3) is 2.85. The van der Waals surface area contributed by atoms with Crippen molar-refractivity contribution in [1.82, 2.24) is 5.32 Å². The van der Waals surface area contributed by atoms with Crippen LogP contribution in [0.4, 0.5) is 0 Å². The molecule has 2 fully saturated rings. The average molecular weight is 317 g/mol. The number of hydrogen-bond acceptors (Lipinski definition) is 3. The summed E-state index contributed by atoms with van der Waals surface area (Å²) in [5.74, 6) is -2.45. The second-order valence-corrected chi connectivity index (χ2v) is 6.77. The highest BCUT2D eigenvalue weighted by Gasteiger charge is 2.55. The number of aryl methyl sites for hydroxylation is 2. The van der Waals surface area contributed by atoms with E-state index in [2.05, 4.69) is 11.4 Å². The van der Waals surface area contributed by atoms with Crippen LogP contribution >= 0.6 is 0 Å². The monoisotopic (exact) mass is 317 g/mol. The van der Waals surface area contributed by atoms with E-state index in [-0.39, 0.29) is 24.2 Å². The lowest BCUT2D eigenvalue weighted by atomic mass is 9.78. The van der Waals surface area contributed by atoms with Crippen molar-refractivity contribution in [1.29, 1.82) is 0 Å². The Bertz CT molecular complexity index is 642. The number of benzene rings is 1. The van der Waals surface area contributed by atoms with Crippen molar-refractivity contribution in [2.75, 3.05) is 0 Å². The van der Waals surface area contributed by atoms with Gasteiger partial charge in [-0.1, -0.05) is 23.8 Å². The molecule has 0 unspecified atom stereocenters. The highest BCUT2D eigenvalue weighted by molar-refractivity contribution is 5.86. The van der Waals surface area contributed by atoms with Gasteiger partial charge in [0, 0.05) is 0 Å². The molecule has 2 aliphatic rings. The molecule has 1 aromatic carbocycles. The fraction of sp³-hybridized carbons (Fsp3) is 0.556. The van der Waals surface area contributed by atoms with E-state index in [1.165, 1.54) is 5.56 Å². The van der Waals surface area contributed by atoms with E-state index in [4.69, 9.17) is 4.74 Å². The summed E-state index contributed by atoms with van der Waals surface area (Å²) >= 11 is 0. The van der Waals surface area contributed by atoms with E-state index in [0.29, 0.717) is 0 Å². The standard InChI is InChI=1S/C18H23NO4/c1-9-4-5-12(10(2)8-9)11(3)19-17(20)15-13-6-7-14(23-13)16(15)18(21)22/h4-5,8,11,13-16H,6-7H2,1-3H3,(H,19,20)(H,21,22)/t11-,13+,14-,15+,16+/m0/s1. The number of fused-ring (bicyclic) bond motifs is 2. The zero-order chi connectivity index (χ0) is 16.7. The predicted molar refractivity (Wildman–Crippen MR) is 85.0 cm³/mol. The highest BCUT2D eigenvalue weighted by Crippen LogP contribution is 2.43. The molecule has 2 saturated heterocycles. The third-order valence-corrected chi connectivity index (χ3v) is 5.11. The third-order valence-electron chi connectivity index (χ3n) is 5.11. The number of hydrogen-bond donors (Lipinski definition) is 2. The summed E-state index contributed by atoms with van der Waals surface area (Å²) in [6, 6.07) is 5.96. The van der Waals surface area contributed by atoms with Gasteiger partial charge in [-0.15, -0.1) is 0 Å². The van der Waals surface area contributed by atoms with Gasteiger partial charge in [-0.25, -0.2) is 0 Å². The first kappa shape index (κ1) is 16.0. The highest BCUT2D eigenvalue weighted by atomic mass is 16.5. The maximum Gasteiger partial charge on any atom is 0.310 e. The zero-order valence-corrected chi connectivity index (χ0v) is 13.7. The molecule has 0 aromatic heterocycles. The van der Waals surface area contributed by atoms with Crippen LogP contribution in [0.3, 0.4) is 0 Å². The molecule has 124 valence electrons. The van der Waals surface area contributed by atoms with Crippen LogP contribution in [0.1, 0.15) is 42.5 Å². The van der Waals surface area contributed by atoms with Crippen LogP contribution in [0.5, 0.6) is 0 Å². The summed E-state index contributed by atoms with van der Waals surface area (Å²) < 4.78 is 5.67. The van der Waals surface area contributed by atoms with Gasteiger partial charge in [0.1, 0.15) is 0 Å². The van der Waals surface area contributed by atoms with E-state index in [0.717, 1.165) is 24.0 Å². The van der Waals surface area contributed by atoms with Crippen LogP contribution in [0, 0.1) is 25.7 Å². The predicted octanol–water partition coefficient (Wildman–Crippen LogP) is 2.36. The summed E-state index contributed by atoms with van der Waals surface area (Å²) in [7, 11) is 0. The van der Waals surface area contributed by atoms with E-state index < -0.39 is 17.8 Å². The Balaban J connectivity index is 1.74. The maximum atomic E-state index is 12.7. The average Bonchev–Trinajstić information content (AvgIpc) is 3.07. The lowest BCUT2D eigenvalue weighted by Crippen LogP contribution is -2.44. The van der Waals surface area contributed by atoms with Crippen molar-refractivity contribution in [2.24, 2.45) is 11.8 Å². The summed E-state index contributed by atoms with van der Waals surface area (Å²) in [6.07, 6.45) is 0.930. The topological polar surface area (TPSA) is 75.6 Å². The Morgan fingerprint density at radius 1 is 1.22 bits per heavy atom. The van der Waals surface area contributed by atoms with Gasteiger partial charge in [-0.05, 0) is 44.7 Å². The fourth-order valence-corrected chi connectivity index (χ4v) is 4.02. The first-order valence-electron chi connectivity index (χ1n) is 8.14. The van der Waals surface area contributed by atoms with Crippen molar-refractivity contribution in [2.45, 2.75) is 51.9 Å². The number of amides is 1. The van der Waals surface area contributed by atoms with Crippen molar-refractivity contribution in [3.8, 4) is 0 Å². The molecule has 5 heteroatoms. The number of carboxylic acid groups (broad SMARTS) is 1. The van der Waals surface area contributed by atoms with E-state index in [1.54, 1.807) is 0 Å². The number of nitrogens with one attached hydrogen (secondary N) is 1. The summed E-state index contributed by atoms with van der Waals surface area (Å²) in [6.45, 7) is 5.98. The van der Waals surface area contributed by atoms with E-state index in [1.807, 2.05) is 32.9 Å². The summed E-state index contributed by atoms with van der Waals surface area (Å²) in [4.78, 5) is 24.2. The SMILES string of the molecule is Cc1ccc([C@H](C)NC(=O)[C@H]2[C@H](C(=O)O)[C@@H]3CC[C@H]2O3)c(C)c1. The Kier molecular flexibility index (Phi) is 4.15. The summed E-state index contributed by atoms with van der Waals surface area (Å²) in [5.41, 5.74) is 3.36. The van der Waals surface area contributed by atoms with Crippen LogP contribution in [0.15, 0.2) is 18.2 Å². The first-order valence-corrected chi connectivity index (χ1v) is 8.14. The number of carboxylic acids is 1. The molecule has 23 heavy (non-hydrogen) atoms. The lowest BCUT2D eigenvalue weighted by Gasteiger charge is -2.26. The number of ether oxygens (including phenoxy) is 1. The molecular formula is C18H23NO4. The van der Waals surface area contributed by atoms with Gasteiger partial charge in [-0.3, -0.25) is 9.59 Å². The summed E-state index contributed by atoms with van der Waals surface area (Å²) in [5, 5.41) is 12.4. The Labute approximate surface area is 136 Å². The van der Waals surface area contributed by atoms with Crippen LogP contribution in [0.2, 0.25) is 0 Å². The minimum absolute atomic E-state index is 0.156. The van der Waals surface area contributed by atoms with Gasteiger partial charge in [0.2, 0.25) is 5.91 Å². The van der Waals surface area contributed by atoms with Crippen molar-refractivity contribution in [3.63, 3.8) is 0 Å². The molecule has 2 aliphatic heterocycles. The van der Waals surface area contributed by atoms with Crippen LogP contribution < -0.4 is 5.32 Å². The molecule has 0 radical (unpaired) electrons. The van der Waals surface area contributed by atoms with Gasteiger partial charge in [0.15, 0.2) is 0 Å². The molecule has 2 bridgehead atoms. The normalized spacial score (nSPS) is 30.2. The van der Waals surface area contributed by atoms with E-state index >= 15 is 0 Å². The molecule has 5 atom stereocenters. The Morgan fingerprint density at radius 3 is 2.48 bits per heavy atom. The minimum Gasteiger partial charge on any atom is -0.481 e. The second-order valence-electron chi connectivity index (χ2n) is 6.77. The molecule has 1 aromatic rings. The molecular weight excluding hydrogens is 294 g/mol. The van der Waals surface area contributed by atoms with Gasteiger partial charge in [0.05, 0.1) is 30.1 Å². The number of rotatable bonds is 4. The lowest BCUT2D eigenvalue weighted by molar-refractivity contribution is -0.148. The largest absolute Gasteiger partial charge is 0.481 e.